The fourth-order valence-corrected chi connectivity index (χ4v) is 1.64. The number of aliphatic hydroxyl groups excluding tert-OH is 2. The molecule has 4 heteroatoms. The van der Waals surface area contributed by atoms with Gasteiger partial charge in [0.05, 0.1) is 0 Å². The topological polar surface area (TPSA) is 77.8 Å². The highest BCUT2D eigenvalue weighted by molar-refractivity contribution is 5.78. The van der Waals surface area contributed by atoms with Crippen molar-refractivity contribution in [2.24, 2.45) is 0 Å². The van der Waals surface area contributed by atoms with Crippen LogP contribution in [0.25, 0.3) is 0 Å². The van der Waals surface area contributed by atoms with Crippen LogP contribution in [0.15, 0.2) is 12.7 Å². The van der Waals surface area contributed by atoms with Gasteiger partial charge in [0.25, 0.3) is 0 Å². The first kappa shape index (κ1) is 20.4. The molecule has 0 atom stereocenters. The quantitative estimate of drug-likeness (QED) is 0.377. The third kappa shape index (κ3) is 26.7. The summed E-state index contributed by atoms with van der Waals surface area (Å²) in [6, 6.07) is 0. The minimum Gasteiger partial charge on any atom is -0.478 e. The number of carboxylic acids is 1. The van der Waals surface area contributed by atoms with E-state index >= 15 is 0 Å². The zero-order valence-corrected chi connectivity index (χ0v) is 12.0. The van der Waals surface area contributed by atoms with Gasteiger partial charge in [0.15, 0.2) is 0 Å². The van der Waals surface area contributed by atoms with Crippen LogP contribution >= 0.6 is 0 Å². The Labute approximate surface area is 117 Å². The number of unbranched alkanes of at least 4 members (excludes halogenated alkanes) is 9. The van der Waals surface area contributed by atoms with Crippen molar-refractivity contribution in [1.82, 2.24) is 0 Å². The van der Waals surface area contributed by atoms with Crippen LogP contribution in [0.3, 0.4) is 0 Å². The number of aliphatic hydroxyl groups is 2. The molecule has 0 unspecified atom stereocenters. The average Bonchev–Trinajstić information content (AvgIpc) is 2.41. The third-order valence-electron chi connectivity index (χ3n) is 2.74. The molecule has 0 aromatic heterocycles. The van der Waals surface area contributed by atoms with Crippen LogP contribution in [0, 0.1) is 0 Å². The van der Waals surface area contributed by atoms with Gasteiger partial charge in [-0.25, -0.2) is 4.79 Å². The van der Waals surface area contributed by atoms with Crippen LogP contribution in [0.1, 0.15) is 64.2 Å². The van der Waals surface area contributed by atoms with Gasteiger partial charge in [0.1, 0.15) is 0 Å². The molecule has 0 amide bonds. The molecule has 0 saturated carbocycles. The SMILES string of the molecule is C=CC(=O)O.OCCCCCCCCCCCCO. The van der Waals surface area contributed by atoms with Gasteiger partial charge < -0.3 is 15.3 Å². The molecule has 114 valence electrons. The normalized spacial score (nSPS) is 9.58. The standard InChI is InChI=1S/C12H26O2.C3H4O2/c13-11-9-7-5-3-1-2-4-6-8-10-12-14;1-2-3(4)5/h13-14H,1-12H2;2H,1H2,(H,4,5). The Morgan fingerprint density at radius 2 is 0.947 bits per heavy atom. The van der Waals surface area contributed by atoms with Crippen molar-refractivity contribution in [3.63, 3.8) is 0 Å². The summed E-state index contributed by atoms with van der Waals surface area (Å²) in [5.41, 5.74) is 0. The van der Waals surface area contributed by atoms with Gasteiger partial charge in [-0.2, -0.15) is 0 Å². The van der Waals surface area contributed by atoms with E-state index in [0.717, 1.165) is 18.9 Å². The fraction of sp³-hybridized carbons (Fsp3) is 0.800. The second-order valence-corrected chi connectivity index (χ2v) is 4.53. The predicted molar refractivity (Wildman–Crippen MR) is 78.2 cm³/mol. The Morgan fingerprint density at radius 3 is 1.11 bits per heavy atom. The molecule has 0 heterocycles. The summed E-state index contributed by atoms with van der Waals surface area (Å²) in [7, 11) is 0. The molecule has 3 N–H and O–H groups in total. The number of carbonyl (C=O) groups is 1. The van der Waals surface area contributed by atoms with Crippen LogP contribution in [0.4, 0.5) is 0 Å². The predicted octanol–water partition coefficient (Wildman–Crippen LogP) is 3.13. The largest absolute Gasteiger partial charge is 0.478 e. The summed E-state index contributed by atoms with van der Waals surface area (Å²) < 4.78 is 0. The van der Waals surface area contributed by atoms with Crippen LogP contribution in [-0.2, 0) is 4.79 Å². The number of aliphatic carboxylic acids is 1. The molecule has 0 bridgehead atoms. The minimum atomic E-state index is -0.981. The Balaban J connectivity index is 0. The second kappa shape index (κ2) is 19.5. The highest BCUT2D eigenvalue weighted by atomic mass is 16.4. The van der Waals surface area contributed by atoms with E-state index in [1.165, 1.54) is 51.4 Å². The lowest BCUT2D eigenvalue weighted by molar-refractivity contribution is -0.131. The summed E-state index contributed by atoms with van der Waals surface area (Å²) >= 11 is 0. The van der Waals surface area contributed by atoms with E-state index in [-0.39, 0.29) is 0 Å². The summed E-state index contributed by atoms with van der Waals surface area (Å²) in [5, 5.41) is 24.7. The molecule has 0 spiro atoms. The van der Waals surface area contributed by atoms with Crippen molar-refractivity contribution in [3.05, 3.63) is 12.7 Å². The van der Waals surface area contributed by atoms with Crippen LogP contribution in [-0.4, -0.2) is 34.5 Å². The van der Waals surface area contributed by atoms with Crippen LogP contribution < -0.4 is 0 Å². The maximum Gasteiger partial charge on any atom is 0.327 e. The maximum atomic E-state index is 9.25. The molecule has 0 saturated heterocycles. The molecule has 0 rings (SSSR count). The van der Waals surface area contributed by atoms with Gasteiger partial charge in [-0.3, -0.25) is 0 Å². The summed E-state index contributed by atoms with van der Waals surface area (Å²) in [6.07, 6.45) is 13.0. The molecule has 0 radical (unpaired) electrons. The van der Waals surface area contributed by atoms with E-state index in [1.54, 1.807) is 0 Å². The molecule has 0 aromatic rings. The van der Waals surface area contributed by atoms with Crippen molar-refractivity contribution < 1.29 is 20.1 Å². The van der Waals surface area contributed by atoms with Gasteiger partial charge in [-0.05, 0) is 12.8 Å². The lowest BCUT2D eigenvalue weighted by Crippen LogP contribution is -1.85. The van der Waals surface area contributed by atoms with Gasteiger partial charge in [0.2, 0.25) is 0 Å². The summed E-state index contributed by atoms with van der Waals surface area (Å²) in [4.78, 5) is 9.25. The third-order valence-corrected chi connectivity index (χ3v) is 2.74. The summed E-state index contributed by atoms with van der Waals surface area (Å²) in [5.74, 6) is -0.981. The van der Waals surface area contributed by atoms with E-state index in [2.05, 4.69) is 6.58 Å². The van der Waals surface area contributed by atoms with Crippen molar-refractivity contribution in [2.75, 3.05) is 13.2 Å². The Bertz CT molecular complexity index is 181. The Morgan fingerprint density at radius 1 is 0.737 bits per heavy atom. The van der Waals surface area contributed by atoms with E-state index in [0.29, 0.717) is 13.2 Å². The first-order chi connectivity index (χ1) is 9.18. The fourth-order valence-electron chi connectivity index (χ4n) is 1.64. The van der Waals surface area contributed by atoms with E-state index < -0.39 is 5.97 Å². The molecular formula is C15H30O4. The van der Waals surface area contributed by atoms with Gasteiger partial charge >= 0.3 is 5.97 Å². The monoisotopic (exact) mass is 274 g/mol. The van der Waals surface area contributed by atoms with Gasteiger partial charge in [0, 0.05) is 19.3 Å². The van der Waals surface area contributed by atoms with Crippen molar-refractivity contribution in [3.8, 4) is 0 Å². The first-order valence-corrected chi connectivity index (χ1v) is 7.26. The number of hydrogen-bond donors (Lipinski definition) is 3. The zero-order chi connectivity index (χ0) is 14.8. The highest BCUT2D eigenvalue weighted by Gasteiger charge is 1.92. The van der Waals surface area contributed by atoms with Gasteiger partial charge in [-0.1, -0.05) is 57.9 Å². The first-order valence-electron chi connectivity index (χ1n) is 7.26. The van der Waals surface area contributed by atoms with Crippen LogP contribution in [0.2, 0.25) is 0 Å². The molecule has 4 nitrogen and oxygen atoms in total. The molecule has 0 aliphatic heterocycles. The number of rotatable bonds is 12. The minimum absolute atomic E-state index is 0.348. The zero-order valence-electron chi connectivity index (χ0n) is 12.0. The number of hydrogen-bond acceptors (Lipinski definition) is 3. The van der Waals surface area contributed by atoms with E-state index in [4.69, 9.17) is 15.3 Å². The smallest absolute Gasteiger partial charge is 0.327 e. The maximum absolute atomic E-state index is 9.25. The van der Waals surface area contributed by atoms with Gasteiger partial charge in [-0.15, -0.1) is 0 Å². The Hall–Kier alpha value is -0.870. The lowest BCUT2D eigenvalue weighted by Gasteiger charge is -2.01. The van der Waals surface area contributed by atoms with Crippen molar-refractivity contribution >= 4 is 5.97 Å². The second-order valence-electron chi connectivity index (χ2n) is 4.53. The molecule has 0 aromatic carbocycles. The van der Waals surface area contributed by atoms with Crippen molar-refractivity contribution in [2.45, 2.75) is 64.2 Å². The highest BCUT2D eigenvalue weighted by Crippen LogP contribution is 2.10. The lowest BCUT2D eigenvalue weighted by atomic mass is 10.1. The molecule has 19 heavy (non-hydrogen) atoms. The Kier molecular flexibility index (Phi) is 21.0. The molecule has 0 fully saturated rings. The van der Waals surface area contributed by atoms with Crippen molar-refractivity contribution in [1.29, 1.82) is 0 Å². The van der Waals surface area contributed by atoms with Crippen LogP contribution in [0.5, 0.6) is 0 Å². The molecule has 0 aliphatic carbocycles. The summed E-state index contributed by atoms with van der Waals surface area (Å²) in [6.45, 7) is 3.66. The van der Waals surface area contributed by atoms with E-state index in [1.807, 2.05) is 0 Å². The number of carboxylic acid groups (broad SMARTS) is 1. The molecular weight excluding hydrogens is 244 g/mol. The van der Waals surface area contributed by atoms with E-state index in [9.17, 15) is 4.79 Å². The molecule has 0 aliphatic rings. The average molecular weight is 274 g/mol.